The van der Waals surface area contributed by atoms with E-state index in [1.807, 2.05) is 14.2 Å². The van der Waals surface area contributed by atoms with Crippen molar-refractivity contribution in [3.8, 4) is 0 Å². The Balaban J connectivity index is 0.686. The van der Waals surface area contributed by atoms with Gasteiger partial charge in [-0.15, -0.1) is 0 Å². The van der Waals surface area contributed by atoms with Gasteiger partial charge in [-0.25, -0.2) is 0 Å². The van der Waals surface area contributed by atoms with Crippen LogP contribution in [0.4, 0.5) is 0 Å². The third kappa shape index (κ3) is 12.8. The Hall–Kier alpha value is 1.24. The van der Waals surface area contributed by atoms with Crippen LogP contribution in [0.25, 0.3) is 0 Å². The summed E-state index contributed by atoms with van der Waals surface area (Å²) < 4.78 is 11.0. The van der Waals surface area contributed by atoms with Gasteiger partial charge in [0.15, 0.2) is 0 Å². The zero-order valence-corrected chi connectivity index (χ0v) is 45.9. The fourth-order valence-electron chi connectivity index (χ4n) is 17.5. The molecule has 0 aromatic heterocycles. The molecule has 10 aliphatic rings. The first-order valence-corrected chi connectivity index (χ1v) is 33.6. The van der Waals surface area contributed by atoms with Crippen LogP contribution in [0, 0.1) is 35.5 Å². The lowest BCUT2D eigenvalue weighted by molar-refractivity contribution is 0.00180. The van der Waals surface area contributed by atoms with Gasteiger partial charge in [-0.05, 0) is 265 Å². The predicted octanol–water partition coefficient (Wildman–Crippen LogP) is 15.3. The summed E-state index contributed by atoms with van der Waals surface area (Å²) in [7, 11) is 3.79. The lowest BCUT2D eigenvalue weighted by Gasteiger charge is -2.50. The Bertz CT molecular complexity index is 1280. The topological polar surface area (TPSA) is 24.9 Å². The van der Waals surface area contributed by atoms with E-state index in [-0.39, 0.29) is 0 Å². The average Bonchev–Trinajstić information content (AvgIpc) is 4.24. The van der Waals surface area contributed by atoms with Gasteiger partial charge in [-0.1, -0.05) is 0 Å². The number of thioether (sulfide) groups is 4. The lowest BCUT2D eigenvalue weighted by atomic mass is 9.76. The first-order chi connectivity index (χ1) is 32.6. The molecule has 10 rings (SSSR count). The molecule has 4 aliphatic heterocycles. The SMILES string of the molecule is COCCC1CCC(N(C2CCC(C3CCCS3)CC2)C2CCC(C3CCC(C4CCC(C5CCC(N(C6CCC(CCOC)CC6)C6CCC(C7CCCS7)CC6)CC5)S4)S3)CC2)CC1. The summed E-state index contributed by atoms with van der Waals surface area (Å²) in [6.45, 7) is 1.92. The largest absolute Gasteiger partial charge is 0.385 e. The monoisotopic (exact) mass is 985 g/mol. The molecule has 0 N–H and O–H groups in total. The van der Waals surface area contributed by atoms with Crippen molar-refractivity contribution >= 4 is 47.0 Å². The smallest absolute Gasteiger partial charge is 0.0464 e. The molecular weight excluding hydrogens is 885 g/mol. The molecule has 0 amide bonds. The molecule has 0 spiro atoms. The third-order valence-electron chi connectivity index (χ3n) is 21.2. The molecular formula is C58H100N2O2S4. The van der Waals surface area contributed by atoms with Gasteiger partial charge < -0.3 is 9.47 Å². The molecule has 8 heteroatoms. The Morgan fingerprint density at radius 1 is 0.318 bits per heavy atom. The Kier molecular flexibility index (Phi) is 19.6. The highest BCUT2D eigenvalue weighted by atomic mass is 32.2. The van der Waals surface area contributed by atoms with Crippen molar-refractivity contribution in [2.75, 3.05) is 38.9 Å². The second-order valence-corrected chi connectivity index (χ2v) is 30.4. The zero-order chi connectivity index (χ0) is 44.7. The first-order valence-electron chi connectivity index (χ1n) is 29.7. The summed E-state index contributed by atoms with van der Waals surface area (Å²) in [4.78, 5) is 6.53. The quantitative estimate of drug-likeness (QED) is 0.142. The van der Waals surface area contributed by atoms with Crippen molar-refractivity contribution in [3.63, 3.8) is 0 Å². The van der Waals surface area contributed by atoms with Crippen LogP contribution in [0.3, 0.4) is 0 Å². The third-order valence-corrected chi connectivity index (χ3v) is 28.3. The highest BCUT2D eigenvalue weighted by molar-refractivity contribution is 8.04. The lowest BCUT2D eigenvalue weighted by Crippen LogP contribution is -2.53. The second kappa shape index (κ2) is 25.5. The number of rotatable bonds is 17. The summed E-state index contributed by atoms with van der Waals surface area (Å²) >= 11 is 9.73. The molecule has 4 nitrogen and oxygen atoms in total. The molecule has 0 bridgehead atoms. The fraction of sp³-hybridized carbons (Fsp3) is 1.00. The van der Waals surface area contributed by atoms with E-state index in [2.05, 4.69) is 56.8 Å². The predicted molar refractivity (Wildman–Crippen MR) is 291 cm³/mol. The summed E-state index contributed by atoms with van der Waals surface area (Å²) in [6.07, 6.45) is 50.6. The molecule has 6 aliphatic carbocycles. The van der Waals surface area contributed by atoms with Crippen LogP contribution in [0.5, 0.6) is 0 Å². The van der Waals surface area contributed by atoms with E-state index in [0.717, 1.165) is 116 Å². The van der Waals surface area contributed by atoms with Crippen LogP contribution in [-0.2, 0) is 9.47 Å². The number of ether oxygens (including phenoxy) is 2. The molecule has 378 valence electrons. The van der Waals surface area contributed by atoms with Gasteiger partial charge in [0, 0.05) is 95.2 Å². The molecule has 6 unspecified atom stereocenters. The molecule has 0 aromatic rings. The van der Waals surface area contributed by atoms with Crippen molar-refractivity contribution < 1.29 is 9.47 Å². The van der Waals surface area contributed by atoms with E-state index < -0.39 is 0 Å². The van der Waals surface area contributed by atoms with Gasteiger partial charge in [0.2, 0.25) is 0 Å². The molecule has 0 aromatic carbocycles. The molecule has 10 fully saturated rings. The minimum Gasteiger partial charge on any atom is -0.385 e. The normalized spacial score (nSPS) is 45.3. The van der Waals surface area contributed by atoms with Crippen LogP contribution < -0.4 is 0 Å². The van der Waals surface area contributed by atoms with Crippen molar-refractivity contribution in [2.24, 2.45) is 35.5 Å². The van der Waals surface area contributed by atoms with E-state index >= 15 is 0 Å². The fourth-order valence-corrected chi connectivity index (χ4v) is 24.5. The summed E-state index contributed by atoms with van der Waals surface area (Å²) in [5.74, 6) is 8.72. The minimum absolute atomic E-state index is 0.862. The van der Waals surface area contributed by atoms with E-state index in [4.69, 9.17) is 9.47 Å². The highest BCUT2D eigenvalue weighted by Crippen LogP contribution is 2.54. The van der Waals surface area contributed by atoms with Crippen molar-refractivity contribution in [1.82, 2.24) is 9.80 Å². The van der Waals surface area contributed by atoms with E-state index in [1.54, 1.807) is 0 Å². The molecule has 6 atom stereocenters. The summed E-state index contributed by atoms with van der Waals surface area (Å²) in [6, 6.07) is 5.22. The van der Waals surface area contributed by atoms with E-state index in [0.29, 0.717) is 0 Å². The maximum atomic E-state index is 5.52. The first kappa shape index (κ1) is 50.8. The van der Waals surface area contributed by atoms with Crippen LogP contribution in [-0.4, -0.2) is 116 Å². The number of methoxy groups -OCH3 is 2. The Morgan fingerprint density at radius 2 is 0.606 bits per heavy atom. The van der Waals surface area contributed by atoms with Crippen molar-refractivity contribution in [1.29, 1.82) is 0 Å². The zero-order valence-electron chi connectivity index (χ0n) is 42.6. The minimum atomic E-state index is 0.862. The maximum Gasteiger partial charge on any atom is 0.0464 e. The standard InChI is InChI=1S/C58H100N2O2S4/c1-61-37-35-41-7-19-47(20-8-41)59(49-23-11-43(12-24-49)53-5-3-39-63-53)51-27-15-45(16-28-51)55-31-33-57(65-55)58-34-32-56(66-58)46-17-29-52(30-18-46)60(48-21-9-42(10-22-48)36-38-62-2)50-25-13-44(14-26-50)54-6-4-40-64-54/h41-58H,3-40H2,1-2H3. The molecule has 6 saturated carbocycles. The average molecular weight is 986 g/mol. The molecule has 4 saturated heterocycles. The number of hydrogen-bond acceptors (Lipinski definition) is 8. The van der Waals surface area contributed by atoms with Crippen LogP contribution in [0.15, 0.2) is 0 Å². The van der Waals surface area contributed by atoms with Crippen molar-refractivity contribution in [3.05, 3.63) is 0 Å². The van der Waals surface area contributed by atoms with E-state index in [9.17, 15) is 0 Å². The van der Waals surface area contributed by atoms with Crippen molar-refractivity contribution in [2.45, 2.75) is 286 Å². The Morgan fingerprint density at radius 3 is 0.894 bits per heavy atom. The van der Waals surface area contributed by atoms with Crippen LogP contribution >= 0.6 is 47.0 Å². The van der Waals surface area contributed by atoms with Gasteiger partial charge in [0.1, 0.15) is 0 Å². The molecule has 4 heterocycles. The summed E-state index contributed by atoms with van der Waals surface area (Å²) in [5, 5.41) is 5.81. The summed E-state index contributed by atoms with van der Waals surface area (Å²) in [5.41, 5.74) is 0. The Labute approximate surface area is 424 Å². The number of hydrogen-bond donors (Lipinski definition) is 0. The molecule has 66 heavy (non-hydrogen) atoms. The van der Waals surface area contributed by atoms with Gasteiger partial charge in [0.05, 0.1) is 0 Å². The van der Waals surface area contributed by atoms with Crippen LogP contribution in [0.2, 0.25) is 0 Å². The second-order valence-electron chi connectivity index (χ2n) is 24.8. The maximum absolute atomic E-state index is 5.52. The van der Waals surface area contributed by atoms with Crippen LogP contribution in [0.1, 0.15) is 218 Å². The molecule has 0 radical (unpaired) electrons. The van der Waals surface area contributed by atoms with E-state index in [1.165, 1.54) is 230 Å². The van der Waals surface area contributed by atoms with Gasteiger partial charge in [0.25, 0.3) is 0 Å². The number of nitrogens with zero attached hydrogens (tertiary/aromatic N) is 2. The van der Waals surface area contributed by atoms with Gasteiger partial charge >= 0.3 is 0 Å². The van der Waals surface area contributed by atoms with Gasteiger partial charge in [-0.2, -0.15) is 47.0 Å². The van der Waals surface area contributed by atoms with Gasteiger partial charge in [-0.3, -0.25) is 9.80 Å². The highest BCUT2D eigenvalue weighted by Gasteiger charge is 2.46.